The summed E-state index contributed by atoms with van der Waals surface area (Å²) in [6, 6.07) is 10.3. The van der Waals surface area contributed by atoms with Crippen molar-refractivity contribution in [2.75, 3.05) is 5.32 Å². The van der Waals surface area contributed by atoms with E-state index in [0.717, 1.165) is 10.2 Å². The van der Waals surface area contributed by atoms with E-state index < -0.39 is 5.97 Å². The predicted octanol–water partition coefficient (Wildman–Crippen LogP) is 3.47. The standard InChI is InChI=1S/C14H10BrN3O2/c1-8-10(14(19)20)3-5-13(17-8)18-12-4-2-9(7-16)6-11(12)15/h2-6H,1H3,(H,17,18)(H,19,20). The van der Waals surface area contributed by atoms with Crippen molar-refractivity contribution in [2.24, 2.45) is 0 Å². The maximum Gasteiger partial charge on any atom is 0.337 e. The van der Waals surface area contributed by atoms with E-state index in [9.17, 15) is 4.79 Å². The van der Waals surface area contributed by atoms with Crippen LogP contribution in [0.1, 0.15) is 21.6 Å². The summed E-state index contributed by atoms with van der Waals surface area (Å²) in [6.07, 6.45) is 0. The van der Waals surface area contributed by atoms with Gasteiger partial charge in [-0.2, -0.15) is 5.26 Å². The average Bonchev–Trinajstić information content (AvgIpc) is 2.40. The Morgan fingerprint density at radius 2 is 2.15 bits per heavy atom. The minimum Gasteiger partial charge on any atom is -0.478 e. The van der Waals surface area contributed by atoms with E-state index in [0.29, 0.717) is 17.1 Å². The number of carbonyl (C=O) groups is 1. The number of anilines is 2. The molecule has 1 aromatic heterocycles. The number of rotatable bonds is 3. The maximum absolute atomic E-state index is 10.9. The summed E-state index contributed by atoms with van der Waals surface area (Å²) in [5, 5.41) is 20.8. The molecule has 0 amide bonds. The van der Waals surface area contributed by atoms with Crippen LogP contribution in [0.5, 0.6) is 0 Å². The molecule has 0 saturated heterocycles. The lowest BCUT2D eigenvalue weighted by Gasteiger charge is -2.09. The van der Waals surface area contributed by atoms with E-state index in [1.54, 1.807) is 31.2 Å². The third-order valence-corrected chi connectivity index (χ3v) is 3.33. The molecular formula is C14H10BrN3O2. The van der Waals surface area contributed by atoms with Crippen molar-refractivity contribution in [1.29, 1.82) is 5.26 Å². The summed E-state index contributed by atoms with van der Waals surface area (Å²) in [4.78, 5) is 15.1. The molecule has 1 heterocycles. The summed E-state index contributed by atoms with van der Waals surface area (Å²) in [7, 11) is 0. The average molecular weight is 332 g/mol. The smallest absolute Gasteiger partial charge is 0.337 e. The summed E-state index contributed by atoms with van der Waals surface area (Å²) in [6.45, 7) is 1.64. The van der Waals surface area contributed by atoms with Gasteiger partial charge in [0.25, 0.3) is 0 Å². The molecule has 0 bridgehead atoms. The molecule has 0 spiro atoms. The first kappa shape index (κ1) is 14.0. The van der Waals surface area contributed by atoms with Crippen LogP contribution in [0.15, 0.2) is 34.8 Å². The summed E-state index contributed by atoms with van der Waals surface area (Å²) < 4.78 is 0.735. The van der Waals surface area contributed by atoms with E-state index in [-0.39, 0.29) is 5.56 Å². The minimum absolute atomic E-state index is 0.175. The normalized spacial score (nSPS) is 9.85. The number of halogens is 1. The molecular weight excluding hydrogens is 322 g/mol. The lowest BCUT2D eigenvalue weighted by molar-refractivity contribution is 0.0695. The molecule has 0 aliphatic heterocycles. The van der Waals surface area contributed by atoms with Crippen LogP contribution in [0.3, 0.4) is 0 Å². The zero-order chi connectivity index (χ0) is 14.7. The lowest BCUT2D eigenvalue weighted by atomic mass is 10.2. The number of pyridine rings is 1. The molecule has 0 saturated carbocycles. The van der Waals surface area contributed by atoms with Gasteiger partial charge in [-0.1, -0.05) is 0 Å². The number of aromatic nitrogens is 1. The van der Waals surface area contributed by atoms with Gasteiger partial charge in [0.05, 0.1) is 28.6 Å². The fourth-order valence-corrected chi connectivity index (χ4v) is 2.16. The molecule has 6 heteroatoms. The third kappa shape index (κ3) is 2.95. The summed E-state index contributed by atoms with van der Waals surface area (Å²) >= 11 is 3.37. The molecule has 100 valence electrons. The van der Waals surface area contributed by atoms with Crippen LogP contribution in [0.4, 0.5) is 11.5 Å². The SMILES string of the molecule is Cc1nc(Nc2ccc(C#N)cc2Br)ccc1C(=O)O. The lowest BCUT2D eigenvalue weighted by Crippen LogP contribution is -2.03. The van der Waals surface area contributed by atoms with Crippen LogP contribution in [0, 0.1) is 18.3 Å². The molecule has 1 aromatic carbocycles. The second-order valence-corrected chi connectivity index (χ2v) is 4.92. The van der Waals surface area contributed by atoms with Gasteiger partial charge >= 0.3 is 5.97 Å². The van der Waals surface area contributed by atoms with Gasteiger partial charge in [-0.15, -0.1) is 0 Å². The second-order valence-electron chi connectivity index (χ2n) is 4.07. The second kappa shape index (κ2) is 5.72. The van der Waals surface area contributed by atoms with Gasteiger partial charge in [0.15, 0.2) is 0 Å². The Labute approximate surface area is 124 Å². The van der Waals surface area contributed by atoms with E-state index in [4.69, 9.17) is 10.4 Å². The zero-order valence-corrected chi connectivity index (χ0v) is 12.1. The van der Waals surface area contributed by atoms with Crippen molar-refractivity contribution >= 4 is 33.4 Å². The molecule has 0 atom stereocenters. The number of hydrogen-bond acceptors (Lipinski definition) is 4. The molecule has 2 N–H and O–H groups in total. The molecule has 0 aliphatic rings. The molecule has 0 fully saturated rings. The number of aryl methyl sites for hydroxylation is 1. The van der Waals surface area contributed by atoms with E-state index in [2.05, 4.69) is 26.2 Å². The van der Waals surface area contributed by atoms with Crippen molar-refractivity contribution in [3.05, 3.63) is 51.6 Å². The Hall–Kier alpha value is -2.39. The highest BCUT2D eigenvalue weighted by Crippen LogP contribution is 2.26. The maximum atomic E-state index is 10.9. The van der Waals surface area contributed by atoms with Crippen LogP contribution >= 0.6 is 15.9 Å². The topological polar surface area (TPSA) is 86.0 Å². The first-order chi connectivity index (χ1) is 9.51. The summed E-state index contributed by atoms with van der Waals surface area (Å²) in [5.74, 6) is -0.459. The number of hydrogen-bond donors (Lipinski definition) is 2. The van der Waals surface area contributed by atoms with Gasteiger partial charge in [-0.3, -0.25) is 0 Å². The molecule has 5 nitrogen and oxygen atoms in total. The highest BCUT2D eigenvalue weighted by Gasteiger charge is 2.09. The quantitative estimate of drug-likeness (QED) is 0.899. The summed E-state index contributed by atoms with van der Waals surface area (Å²) in [5.41, 5.74) is 1.91. The Kier molecular flexibility index (Phi) is 4.01. The van der Waals surface area contributed by atoms with Gasteiger partial charge in [-0.05, 0) is 53.2 Å². The molecule has 20 heavy (non-hydrogen) atoms. The number of carboxylic acid groups (broad SMARTS) is 1. The first-order valence-corrected chi connectivity index (χ1v) is 6.48. The van der Waals surface area contributed by atoms with Crippen LogP contribution in [0.25, 0.3) is 0 Å². The molecule has 0 radical (unpaired) electrons. The van der Waals surface area contributed by atoms with E-state index in [1.807, 2.05) is 6.07 Å². The molecule has 0 aliphatic carbocycles. The van der Waals surface area contributed by atoms with Gasteiger partial charge in [0, 0.05) is 4.47 Å². The van der Waals surface area contributed by atoms with Crippen molar-refractivity contribution < 1.29 is 9.90 Å². The van der Waals surface area contributed by atoms with Gasteiger partial charge in [0.1, 0.15) is 5.82 Å². The minimum atomic E-state index is -0.999. The fourth-order valence-electron chi connectivity index (χ4n) is 1.68. The van der Waals surface area contributed by atoms with Crippen molar-refractivity contribution in [3.8, 4) is 6.07 Å². The predicted molar refractivity (Wildman–Crippen MR) is 78.1 cm³/mol. The van der Waals surface area contributed by atoms with Crippen LogP contribution in [-0.4, -0.2) is 16.1 Å². The zero-order valence-electron chi connectivity index (χ0n) is 10.5. The van der Waals surface area contributed by atoms with E-state index >= 15 is 0 Å². The largest absolute Gasteiger partial charge is 0.478 e. The number of nitrogens with zero attached hydrogens (tertiary/aromatic N) is 2. The van der Waals surface area contributed by atoms with Gasteiger partial charge in [-0.25, -0.2) is 9.78 Å². The number of aromatic carboxylic acids is 1. The Bertz CT molecular complexity index is 723. The Balaban J connectivity index is 2.29. The number of benzene rings is 1. The van der Waals surface area contributed by atoms with Crippen LogP contribution in [0.2, 0.25) is 0 Å². The molecule has 0 unspecified atom stereocenters. The van der Waals surface area contributed by atoms with Gasteiger partial charge < -0.3 is 10.4 Å². The molecule has 2 rings (SSSR count). The van der Waals surface area contributed by atoms with Crippen molar-refractivity contribution in [2.45, 2.75) is 6.92 Å². The third-order valence-electron chi connectivity index (χ3n) is 2.68. The van der Waals surface area contributed by atoms with Gasteiger partial charge in [0.2, 0.25) is 0 Å². The van der Waals surface area contributed by atoms with E-state index in [1.165, 1.54) is 6.07 Å². The van der Waals surface area contributed by atoms with Crippen LogP contribution in [-0.2, 0) is 0 Å². The molecule has 2 aromatic rings. The fraction of sp³-hybridized carbons (Fsp3) is 0.0714. The Morgan fingerprint density at radius 3 is 2.70 bits per heavy atom. The highest BCUT2D eigenvalue weighted by molar-refractivity contribution is 9.10. The first-order valence-electron chi connectivity index (χ1n) is 5.69. The Morgan fingerprint density at radius 1 is 1.40 bits per heavy atom. The van der Waals surface area contributed by atoms with Crippen LogP contribution < -0.4 is 5.32 Å². The monoisotopic (exact) mass is 331 g/mol. The number of nitrogens with one attached hydrogen (secondary N) is 1. The number of carboxylic acids is 1. The van der Waals surface area contributed by atoms with Crippen molar-refractivity contribution in [3.63, 3.8) is 0 Å². The number of nitriles is 1. The highest BCUT2D eigenvalue weighted by atomic mass is 79.9. The van der Waals surface area contributed by atoms with Crippen molar-refractivity contribution in [1.82, 2.24) is 4.98 Å².